The molecule has 18 heavy (non-hydrogen) atoms. The number of carboxylic acid groups (broad SMARTS) is 1. The fourth-order valence-corrected chi connectivity index (χ4v) is 1.12. The summed E-state index contributed by atoms with van der Waals surface area (Å²) in [6.07, 6.45) is -1.68. The molecule has 0 aliphatic heterocycles. The number of aliphatic hydroxyl groups is 1. The van der Waals surface area contributed by atoms with Crippen molar-refractivity contribution in [2.45, 2.75) is 13.0 Å². The van der Waals surface area contributed by atoms with Gasteiger partial charge in [0.25, 0.3) is 0 Å². The van der Waals surface area contributed by atoms with Crippen LogP contribution in [0, 0.1) is 12.7 Å². The molecule has 1 aromatic rings. The van der Waals surface area contributed by atoms with E-state index >= 15 is 0 Å². The minimum atomic E-state index is -1.68. The topological polar surface area (TPSA) is 98.7 Å². The summed E-state index contributed by atoms with van der Waals surface area (Å²) >= 11 is 0. The Labute approximate surface area is 102 Å². The maximum Gasteiger partial charge on any atom is 0.334 e. The fourth-order valence-electron chi connectivity index (χ4n) is 1.12. The van der Waals surface area contributed by atoms with E-state index in [0.29, 0.717) is 5.56 Å². The lowest BCUT2D eigenvalue weighted by Crippen LogP contribution is -2.38. The van der Waals surface area contributed by atoms with Crippen LogP contribution in [-0.2, 0) is 4.79 Å². The lowest BCUT2D eigenvalue weighted by molar-refractivity contribution is -0.146. The minimum Gasteiger partial charge on any atom is -0.479 e. The van der Waals surface area contributed by atoms with Crippen LogP contribution in [0.4, 0.5) is 14.9 Å². The molecule has 0 aliphatic rings. The summed E-state index contributed by atoms with van der Waals surface area (Å²) in [5, 5.41) is 21.8. The SMILES string of the molecule is Cc1ccc(NC(=O)NC[C@H](O)C(=O)O)cc1F. The molecule has 4 N–H and O–H groups in total. The zero-order valence-corrected chi connectivity index (χ0v) is 9.61. The number of aliphatic carboxylic acids is 1. The van der Waals surface area contributed by atoms with E-state index in [9.17, 15) is 14.0 Å². The van der Waals surface area contributed by atoms with Gasteiger partial charge in [0, 0.05) is 5.69 Å². The Hall–Kier alpha value is -2.15. The molecule has 1 rings (SSSR count). The highest BCUT2D eigenvalue weighted by molar-refractivity contribution is 5.89. The predicted molar refractivity (Wildman–Crippen MR) is 61.8 cm³/mol. The van der Waals surface area contributed by atoms with Crippen LogP contribution in [0.1, 0.15) is 5.56 Å². The molecule has 0 aromatic heterocycles. The Balaban J connectivity index is 2.49. The van der Waals surface area contributed by atoms with E-state index in [1.54, 1.807) is 6.92 Å². The predicted octanol–water partition coefficient (Wildman–Crippen LogP) is 0.701. The van der Waals surface area contributed by atoms with E-state index in [-0.39, 0.29) is 5.69 Å². The number of rotatable bonds is 4. The number of carbonyl (C=O) groups excluding carboxylic acids is 1. The van der Waals surface area contributed by atoms with Crippen molar-refractivity contribution in [2.75, 3.05) is 11.9 Å². The zero-order valence-electron chi connectivity index (χ0n) is 9.61. The molecule has 98 valence electrons. The van der Waals surface area contributed by atoms with Gasteiger partial charge in [0.15, 0.2) is 6.10 Å². The maximum absolute atomic E-state index is 13.2. The van der Waals surface area contributed by atoms with E-state index in [0.717, 1.165) is 6.07 Å². The van der Waals surface area contributed by atoms with Crippen LogP contribution in [0.2, 0.25) is 0 Å². The molecule has 1 aromatic carbocycles. The van der Waals surface area contributed by atoms with E-state index in [1.807, 2.05) is 0 Å². The van der Waals surface area contributed by atoms with E-state index in [2.05, 4.69) is 10.6 Å². The smallest absolute Gasteiger partial charge is 0.334 e. The van der Waals surface area contributed by atoms with Gasteiger partial charge in [-0.2, -0.15) is 0 Å². The summed E-state index contributed by atoms with van der Waals surface area (Å²) in [4.78, 5) is 21.6. The molecule has 0 saturated carbocycles. The van der Waals surface area contributed by atoms with Crippen molar-refractivity contribution < 1.29 is 24.2 Å². The zero-order chi connectivity index (χ0) is 13.7. The molecular weight excluding hydrogens is 243 g/mol. The third-order valence-corrected chi connectivity index (χ3v) is 2.17. The monoisotopic (exact) mass is 256 g/mol. The number of nitrogens with one attached hydrogen (secondary N) is 2. The number of aliphatic hydroxyl groups excluding tert-OH is 1. The average Bonchev–Trinajstić information content (AvgIpc) is 2.30. The van der Waals surface area contributed by atoms with Gasteiger partial charge >= 0.3 is 12.0 Å². The molecule has 6 nitrogen and oxygen atoms in total. The van der Waals surface area contributed by atoms with Gasteiger partial charge in [-0.1, -0.05) is 6.07 Å². The van der Waals surface area contributed by atoms with Gasteiger partial charge in [-0.3, -0.25) is 0 Å². The Morgan fingerprint density at radius 1 is 1.44 bits per heavy atom. The minimum absolute atomic E-state index is 0.236. The number of halogens is 1. The number of amides is 2. The molecule has 0 aliphatic carbocycles. The van der Waals surface area contributed by atoms with E-state index in [4.69, 9.17) is 10.2 Å². The number of aryl methyl sites for hydroxylation is 1. The molecule has 0 saturated heterocycles. The second-order valence-corrected chi connectivity index (χ2v) is 3.65. The number of benzene rings is 1. The van der Waals surface area contributed by atoms with Gasteiger partial charge in [-0.05, 0) is 24.6 Å². The Morgan fingerprint density at radius 3 is 2.67 bits per heavy atom. The second-order valence-electron chi connectivity index (χ2n) is 3.65. The summed E-state index contributed by atoms with van der Waals surface area (Å²) in [5.74, 6) is -1.89. The van der Waals surface area contributed by atoms with Crippen molar-refractivity contribution in [1.82, 2.24) is 5.32 Å². The average molecular weight is 256 g/mol. The first-order chi connectivity index (χ1) is 8.40. The Kier molecular flexibility index (Phi) is 4.61. The van der Waals surface area contributed by atoms with Crippen LogP contribution in [0.15, 0.2) is 18.2 Å². The normalized spacial score (nSPS) is 11.7. The molecule has 2 amide bonds. The highest BCUT2D eigenvalue weighted by Crippen LogP contribution is 2.13. The molecule has 0 unspecified atom stereocenters. The maximum atomic E-state index is 13.2. The van der Waals surface area contributed by atoms with Gasteiger partial charge < -0.3 is 20.8 Å². The lowest BCUT2D eigenvalue weighted by Gasteiger charge is -2.09. The number of urea groups is 1. The molecule has 7 heteroatoms. The van der Waals surface area contributed by atoms with Gasteiger partial charge in [-0.15, -0.1) is 0 Å². The molecule has 0 radical (unpaired) electrons. The van der Waals surface area contributed by atoms with Crippen LogP contribution in [0.25, 0.3) is 0 Å². The van der Waals surface area contributed by atoms with Crippen LogP contribution < -0.4 is 10.6 Å². The van der Waals surface area contributed by atoms with Crippen LogP contribution in [0.5, 0.6) is 0 Å². The van der Waals surface area contributed by atoms with Crippen LogP contribution >= 0.6 is 0 Å². The fraction of sp³-hybridized carbons (Fsp3) is 0.273. The van der Waals surface area contributed by atoms with Crippen molar-refractivity contribution in [2.24, 2.45) is 0 Å². The summed E-state index contributed by atoms with van der Waals surface area (Å²) in [6, 6.07) is 3.42. The third-order valence-electron chi connectivity index (χ3n) is 2.17. The standard InChI is InChI=1S/C11H13FN2O4/c1-6-2-3-7(4-8(6)12)14-11(18)13-5-9(15)10(16)17/h2-4,9,15H,5H2,1H3,(H,16,17)(H2,13,14,18)/t9-/m0/s1. The summed E-state index contributed by atoms with van der Waals surface area (Å²) < 4.78 is 13.2. The molecule has 0 fully saturated rings. The first-order valence-corrected chi connectivity index (χ1v) is 5.12. The number of hydrogen-bond acceptors (Lipinski definition) is 3. The summed E-state index contributed by atoms with van der Waals surface area (Å²) in [7, 11) is 0. The largest absolute Gasteiger partial charge is 0.479 e. The van der Waals surface area contributed by atoms with Gasteiger partial charge in [0.2, 0.25) is 0 Å². The van der Waals surface area contributed by atoms with E-state index in [1.165, 1.54) is 12.1 Å². The van der Waals surface area contributed by atoms with Crippen LogP contribution in [-0.4, -0.2) is 34.9 Å². The highest BCUT2D eigenvalue weighted by Gasteiger charge is 2.14. The van der Waals surface area contributed by atoms with Gasteiger partial charge in [-0.25, -0.2) is 14.0 Å². The van der Waals surface area contributed by atoms with Gasteiger partial charge in [0.1, 0.15) is 5.82 Å². The Morgan fingerprint density at radius 2 is 2.11 bits per heavy atom. The van der Waals surface area contributed by atoms with Crippen molar-refractivity contribution >= 4 is 17.7 Å². The molecule has 0 spiro atoms. The second kappa shape index (κ2) is 5.97. The number of anilines is 1. The quantitative estimate of drug-likeness (QED) is 0.637. The lowest BCUT2D eigenvalue weighted by atomic mass is 10.2. The number of hydrogen-bond donors (Lipinski definition) is 4. The summed E-state index contributed by atoms with van der Waals surface area (Å²) in [6.45, 7) is 1.15. The Bertz CT molecular complexity index is 464. The summed E-state index contributed by atoms with van der Waals surface area (Å²) in [5.41, 5.74) is 0.683. The first-order valence-electron chi connectivity index (χ1n) is 5.12. The van der Waals surface area contributed by atoms with Crippen molar-refractivity contribution in [3.05, 3.63) is 29.6 Å². The number of carbonyl (C=O) groups is 2. The highest BCUT2D eigenvalue weighted by atomic mass is 19.1. The van der Waals surface area contributed by atoms with Crippen LogP contribution in [0.3, 0.4) is 0 Å². The number of carboxylic acids is 1. The first kappa shape index (κ1) is 13.9. The van der Waals surface area contributed by atoms with E-state index < -0.39 is 30.5 Å². The van der Waals surface area contributed by atoms with Crippen molar-refractivity contribution in [1.29, 1.82) is 0 Å². The third kappa shape index (κ3) is 4.02. The molecular formula is C11H13FN2O4. The molecule has 0 heterocycles. The molecule has 0 bridgehead atoms. The van der Waals surface area contributed by atoms with Crippen molar-refractivity contribution in [3.8, 4) is 0 Å². The molecule has 1 atom stereocenters. The van der Waals surface area contributed by atoms with Crippen molar-refractivity contribution in [3.63, 3.8) is 0 Å². The van der Waals surface area contributed by atoms with Gasteiger partial charge in [0.05, 0.1) is 6.54 Å².